The molecule has 3 nitrogen and oxygen atoms in total. The van der Waals surface area contributed by atoms with Crippen molar-refractivity contribution in [2.75, 3.05) is 0 Å². The molecule has 0 aromatic heterocycles. The Labute approximate surface area is 317 Å². The summed E-state index contributed by atoms with van der Waals surface area (Å²) >= 11 is 0. The van der Waals surface area contributed by atoms with Crippen LogP contribution >= 0.6 is 0 Å². The fourth-order valence-electron chi connectivity index (χ4n) is 10.2. The highest BCUT2D eigenvalue weighted by Crippen LogP contribution is 2.62. The van der Waals surface area contributed by atoms with Gasteiger partial charge in [-0.3, -0.25) is 0 Å². The van der Waals surface area contributed by atoms with Gasteiger partial charge in [-0.05, 0) is 119 Å². The van der Waals surface area contributed by atoms with Gasteiger partial charge < -0.3 is 5.11 Å². The molecule has 1 aromatic rings. The zero-order valence-corrected chi connectivity index (χ0v) is 38.0. The first kappa shape index (κ1) is 42.5. The van der Waals surface area contributed by atoms with Crippen molar-refractivity contribution in [1.82, 2.24) is 0 Å². The van der Waals surface area contributed by atoms with Crippen LogP contribution in [0.1, 0.15) is 121 Å². The number of fused-ring (bicyclic) bond motifs is 1. The molecule has 0 aliphatic heterocycles. The van der Waals surface area contributed by atoms with E-state index in [0.717, 1.165) is 44.1 Å². The Balaban J connectivity index is 1.71. The quantitative estimate of drug-likeness (QED) is 0.242. The molecule has 3 fully saturated rings. The van der Waals surface area contributed by atoms with E-state index >= 15 is 0 Å². The zero-order chi connectivity index (χ0) is 38.5. The molecule has 0 heterocycles. The molecule has 1 N–H and O–H groups in total. The lowest BCUT2D eigenvalue weighted by molar-refractivity contribution is 0.0734. The van der Waals surface area contributed by atoms with Crippen molar-refractivity contribution < 1.29 is 13.5 Å². The molecule has 0 bridgehead atoms. The van der Waals surface area contributed by atoms with Crippen LogP contribution in [0, 0.1) is 29.1 Å². The molecule has 1 aromatic carbocycles. The summed E-state index contributed by atoms with van der Waals surface area (Å²) in [7, 11) is -6.90. The molecule has 0 saturated heterocycles. The van der Waals surface area contributed by atoms with Gasteiger partial charge in [-0.15, -0.1) is 0 Å². The normalized spacial score (nSPS) is 30.5. The van der Waals surface area contributed by atoms with Crippen LogP contribution in [0.2, 0.25) is 47.3 Å². The van der Waals surface area contributed by atoms with Gasteiger partial charge in [-0.1, -0.05) is 144 Å². The Kier molecular flexibility index (Phi) is 12.6. The number of aliphatic hydroxyl groups excluding tert-OH is 1. The van der Waals surface area contributed by atoms with Crippen molar-refractivity contribution in [3.05, 3.63) is 65.8 Å². The van der Waals surface area contributed by atoms with E-state index in [1.807, 2.05) is 32.0 Å². The number of benzene rings is 1. The highest BCUT2D eigenvalue weighted by molar-refractivity contribution is 7.92. The van der Waals surface area contributed by atoms with Crippen LogP contribution in [-0.4, -0.2) is 41.0 Å². The molecule has 0 radical (unpaired) electrons. The van der Waals surface area contributed by atoms with E-state index in [2.05, 4.69) is 93.7 Å². The van der Waals surface area contributed by atoms with Crippen molar-refractivity contribution in [2.45, 2.75) is 184 Å². The summed E-state index contributed by atoms with van der Waals surface area (Å²) in [5.74, 6) is 0.717. The molecule has 3 saturated carbocycles. The second-order valence-corrected chi connectivity index (χ2v) is 34.6. The first-order valence-electron chi connectivity index (χ1n) is 20.3. The predicted octanol–water partition coefficient (Wildman–Crippen LogP) is 13.0. The molecule has 4 rings (SSSR count). The Morgan fingerprint density at radius 2 is 1.53 bits per heavy atom. The number of rotatable bonds is 10. The fraction of sp³-hybridized carbons (Fsp3) is 0.733. The van der Waals surface area contributed by atoms with Crippen molar-refractivity contribution in [2.24, 2.45) is 29.1 Å². The number of sulfone groups is 1. The van der Waals surface area contributed by atoms with Gasteiger partial charge in [-0.2, -0.15) is 0 Å². The van der Waals surface area contributed by atoms with E-state index in [-0.39, 0.29) is 29.6 Å². The molecule has 8 atom stereocenters. The third kappa shape index (κ3) is 8.25. The molecule has 6 heteroatoms. The van der Waals surface area contributed by atoms with E-state index in [1.165, 1.54) is 17.6 Å². The standard InChI is InChI=1S/C45H76O3SSi2/c1-31(2)40(46)30-41(49(47,48)36-21-17-16-18-22-36)33(4)38-25-26-39-34(20-19-27-45(38,39)11)23-24-35-28-37(50(12,13)43(5,6)7)29-42(32(35)3)51(14,15)44(8,9)10/h16-18,21-24,31,33,37-42,46H,3,19-20,25-30H2,1-2,4-15H3/b34-23+,35-24-/t33-,37+,38+,39-,40+,41?,42-,45+/m0/s1. The summed E-state index contributed by atoms with van der Waals surface area (Å²) in [6.45, 7) is 38.9. The van der Waals surface area contributed by atoms with Crippen molar-refractivity contribution in [1.29, 1.82) is 0 Å². The lowest BCUT2D eigenvalue weighted by Crippen LogP contribution is -2.49. The summed E-state index contributed by atoms with van der Waals surface area (Å²) in [6, 6.07) is 8.97. The smallest absolute Gasteiger partial charge is 0.181 e. The van der Waals surface area contributed by atoms with Crippen LogP contribution < -0.4 is 0 Å². The lowest BCUT2D eigenvalue weighted by Gasteiger charge is -2.53. The van der Waals surface area contributed by atoms with Gasteiger partial charge in [0.05, 0.1) is 32.4 Å². The van der Waals surface area contributed by atoms with Crippen LogP contribution in [0.5, 0.6) is 0 Å². The summed E-state index contributed by atoms with van der Waals surface area (Å²) < 4.78 is 28.6. The van der Waals surface area contributed by atoms with E-state index in [4.69, 9.17) is 6.58 Å². The van der Waals surface area contributed by atoms with E-state index in [0.29, 0.717) is 26.4 Å². The average Bonchev–Trinajstić information content (AvgIpc) is 3.39. The van der Waals surface area contributed by atoms with Crippen molar-refractivity contribution in [3.63, 3.8) is 0 Å². The maximum atomic E-state index is 14.3. The third-order valence-electron chi connectivity index (χ3n) is 16.0. The van der Waals surface area contributed by atoms with Crippen LogP contribution in [0.15, 0.2) is 70.7 Å². The molecular weight excluding hydrogens is 677 g/mol. The van der Waals surface area contributed by atoms with E-state index < -0.39 is 37.3 Å². The van der Waals surface area contributed by atoms with Crippen LogP contribution in [0.25, 0.3) is 0 Å². The third-order valence-corrected chi connectivity index (χ3v) is 30.9. The molecule has 0 spiro atoms. The minimum Gasteiger partial charge on any atom is -0.393 e. The Hall–Kier alpha value is -1.22. The van der Waals surface area contributed by atoms with Gasteiger partial charge >= 0.3 is 0 Å². The van der Waals surface area contributed by atoms with Gasteiger partial charge in [0.25, 0.3) is 0 Å². The molecule has 3 aliphatic rings. The number of aliphatic hydroxyl groups is 1. The van der Waals surface area contributed by atoms with E-state index in [1.54, 1.807) is 17.7 Å². The molecule has 1 unspecified atom stereocenters. The Morgan fingerprint density at radius 1 is 0.941 bits per heavy atom. The SMILES string of the molecule is C=C1/C(=C\C=C2/CCC[C@]3(C)[C@@H]([C@H](C)C(C[C@@H](O)C(C)C)S(=O)(=O)c4ccccc4)CC[C@@H]23)C[C@@H]([Si](C)(C)C(C)(C)C)C[C@@H]1[Si](C)(C)C(C)(C)C. The summed E-state index contributed by atoms with van der Waals surface area (Å²) in [5, 5.41) is 11.1. The summed E-state index contributed by atoms with van der Waals surface area (Å²) in [4.78, 5) is 0.382. The minimum atomic E-state index is -3.62. The minimum absolute atomic E-state index is 0.0110. The molecule has 0 amide bonds. The topological polar surface area (TPSA) is 54.4 Å². The largest absolute Gasteiger partial charge is 0.393 e. The van der Waals surface area contributed by atoms with Gasteiger partial charge in [0.2, 0.25) is 0 Å². The summed E-state index contributed by atoms with van der Waals surface area (Å²) in [5.41, 5.74) is 5.87. The van der Waals surface area contributed by atoms with Crippen LogP contribution in [0.3, 0.4) is 0 Å². The molecule has 288 valence electrons. The highest BCUT2D eigenvalue weighted by Gasteiger charge is 2.54. The van der Waals surface area contributed by atoms with Crippen molar-refractivity contribution in [3.8, 4) is 0 Å². The monoisotopic (exact) mass is 753 g/mol. The predicted molar refractivity (Wildman–Crippen MR) is 227 cm³/mol. The van der Waals surface area contributed by atoms with Gasteiger partial charge in [0.1, 0.15) is 0 Å². The molecular formula is C45H76O3SSi2. The van der Waals surface area contributed by atoms with Gasteiger partial charge in [0.15, 0.2) is 9.84 Å². The summed E-state index contributed by atoms with van der Waals surface area (Å²) in [6.07, 6.45) is 12.7. The van der Waals surface area contributed by atoms with Crippen LogP contribution in [-0.2, 0) is 9.84 Å². The maximum absolute atomic E-state index is 14.3. The highest BCUT2D eigenvalue weighted by atomic mass is 32.2. The van der Waals surface area contributed by atoms with Gasteiger partial charge in [-0.25, -0.2) is 8.42 Å². The van der Waals surface area contributed by atoms with Crippen molar-refractivity contribution >= 4 is 26.0 Å². The lowest BCUT2D eigenvalue weighted by atomic mass is 9.60. The first-order chi connectivity index (χ1) is 23.3. The maximum Gasteiger partial charge on any atom is 0.181 e. The number of hydrogen-bond acceptors (Lipinski definition) is 3. The second kappa shape index (κ2) is 15.1. The molecule has 51 heavy (non-hydrogen) atoms. The van der Waals surface area contributed by atoms with E-state index in [9.17, 15) is 13.5 Å². The zero-order valence-electron chi connectivity index (χ0n) is 35.2. The number of allylic oxidation sites excluding steroid dienone is 5. The second-order valence-electron chi connectivity index (χ2n) is 21.0. The molecule has 3 aliphatic carbocycles. The van der Waals surface area contributed by atoms with Gasteiger partial charge in [0, 0.05) is 0 Å². The Morgan fingerprint density at radius 3 is 2.08 bits per heavy atom. The fourth-order valence-corrected chi connectivity index (χ4v) is 18.3. The van der Waals surface area contributed by atoms with Crippen LogP contribution in [0.4, 0.5) is 0 Å². The Bertz CT molecular complexity index is 1560. The first-order valence-corrected chi connectivity index (χ1v) is 28.0. The number of hydrogen-bond donors (Lipinski definition) is 1. The average molecular weight is 753 g/mol.